The van der Waals surface area contributed by atoms with Crippen LogP contribution in [0, 0.1) is 0 Å². The molecule has 1 amide bonds. The van der Waals surface area contributed by atoms with Gasteiger partial charge in [0.1, 0.15) is 11.6 Å². The number of aromatic nitrogens is 6. The van der Waals surface area contributed by atoms with Crippen LogP contribution in [0.1, 0.15) is 10.5 Å². The molecule has 37 heavy (non-hydrogen) atoms. The first-order valence-corrected chi connectivity index (χ1v) is 12.1. The van der Waals surface area contributed by atoms with Gasteiger partial charge in [-0.3, -0.25) is 19.4 Å². The van der Waals surface area contributed by atoms with Crippen LogP contribution in [0.2, 0.25) is 0 Å². The van der Waals surface area contributed by atoms with Crippen LogP contribution in [-0.4, -0.2) is 61.8 Å². The lowest BCUT2D eigenvalue weighted by Gasteiger charge is -2.35. The number of benzene rings is 2. The third-order valence-electron chi connectivity index (χ3n) is 6.43. The van der Waals surface area contributed by atoms with E-state index in [1.807, 2.05) is 42.6 Å². The predicted molar refractivity (Wildman–Crippen MR) is 143 cm³/mol. The lowest BCUT2D eigenvalue weighted by molar-refractivity contribution is 0.102. The van der Waals surface area contributed by atoms with E-state index in [-0.39, 0.29) is 5.91 Å². The minimum absolute atomic E-state index is 0.237. The summed E-state index contributed by atoms with van der Waals surface area (Å²) in [6.45, 7) is 3.37. The van der Waals surface area contributed by atoms with Crippen molar-refractivity contribution in [3.05, 3.63) is 85.2 Å². The number of anilines is 3. The fraction of sp³-hybridized carbons (Fsp3) is 0.185. The van der Waals surface area contributed by atoms with Gasteiger partial charge >= 0.3 is 0 Å². The molecule has 2 aromatic carbocycles. The van der Waals surface area contributed by atoms with Gasteiger partial charge in [0.2, 0.25) is 0 Å². The van der Waals surface area contributed by atoms with Crippen molar-refractivity contribution in [2.24, 2.45) is 7.05 Å². The molecule has 1 aliphatic heterocycles. The second-order valence-corrected chi connectivity index (χ2v) is 8.88. The van der Waals surface area contributed by atoms with Gasteiger partial charge in [-0.15, -0.1) is 0 Å². The highest BCUT2D eigenvalue weighted by Gasteiger charge is 2.20. The van der Waals surface area contributed by atoms with E-state index >= 15 is 0 Å². The number of rotatable bonds is 5. The SMILES string of the molecule is Cn1ccc(C(=O)Nc2ccc(-c3ccc4ncc(N5CCN(c6cnccn6)CC5)nc4c3)cc2)n1. The summed E-state index contributed by atoms with van der Waals surface area (Å²) >= 11 is 0. The summed E-state index contributed by atoms with van der Waals surface area (Å²) < 4.78 is 1.60. The van der Waals surface area contributed by atoms with Crippen LogP contribution >= 0.6 is 0 Å². The largest absolute Gasteiger partial charge is 0.352 e. The van der Waals surface area contributed by atoms with Crippen molar-refractivity contribution in [1.82, 2.24) is 29.7 Å². The van der Waals surface area contributed by atoms with Crippen molar-refractivity contribution in [3.63, 3.8) is 0 Å². The maximum atomic E-state index is 12.4. The van der Waals surface area contributed by atoms with Gasteiger partial charge in [-0.2, -0.15) is 5.10 Å². The molecule has 3 aromatic heterocycles. The average molecular weight is 492 g/mol. The summed E-state index contributed by atoms with van der Waals surface area (Å²) in [4.78, 5) is 35.0. The predicted octanol–water partition coefficient (Wildman–Crippen LogP) is 3.40. The molecule has 1 fully saturated rings. The van der Waals surface area contributed by atoms with Crippen LogP contribution in [0.15, 0.2) is 79.5 Å². The molecule has 0 atom stereocenters. The number of hydrogen-bond donors (Lipinski definition) is 1. The van der Waals surface area contributed by atoms with Crippen molar-refractivity contribution in [1.29, 1.82) is 0 Å². The van der Waals surface area contributed by atoms with E-state index in [0.717, 1.165) is 60.0 Å². The Morgan fingerprint density at radius 2 is 1.57 bits per heavy atom. The smallest absolute Gasteiger partial charge is 0.276 e. The molecule has 4 heterocycles. The molecular formula is C27H25N9O. The minimum atomic E-state index is -0.237. The Morgan fingerprint density at radius 3 is 2.27 bits per heavy atom. The normalized spacial score (nSPS) is 13.6. The fourth-order valence-corrected chi connectivity index (χ4v) is 4.43. The highest BCUT2D eigenvalue weighted by atomic mass is 16.1. The molecule has 5 aromatic rings. The lowest BCUT2D eigenvalue weighted by atomic mass is 10.0. The zero-order valence-corrected chi connectivity index (χ0v) is 20.3. The van der Waals surface area contributed by atoms with Crippen LogP contribution in [0.25, 0.3) is 22.2 Å². The summed E-state index contributed by atoms with van der Waals surface area (Å²) in [7, 11) is 1.78. The fourth-order valence-electron chi connectivity index (χ4n) is 4.43. The van der Waals surface area contributed by atoms with Gasteiger partial charge in [-0.25, -0.2) is 9.97 Å². The zero-order valence-electron chi connectivity index (χ0n) is 20.3. The molecule has 10 heteroatoms. The van der Waals surface area contributed by atoms with Gasteiger partial charge in [0.25, 0.3) is 5.91 Å². The molecule has 0 aliphatic carbocycles. The van der Waals surface area contributed by atoms with E-state index in [1.165, 1.54) is 0 Å². The van der Waals surface area contributed by atoms with Crippen LogP contribution in [0.3, 0.4) is 0 Å². The van der Waals surface area contributed by atoms with E-state index in [2.05, 4.69) is 41.2 Å². The Bertz CT molecular complexity index is 1540. The molecule has 6 rings (SSSR count). The highest BCUT2D eigenvalue weighted by Crippen LogP contribution is 2.26. The van der Waals surface area contributed by atoms with Gasteiger partial charge in [0.05, 0.1) is 23.4 Å². The first-order valence-electron chi connectivity index (χ1n) is 12.1. The number of piperazine rings is 1. The van der Waals surface area contributed by atoms with Crippen molar-refractivity contribution >= 4 is 34.3 Å². The Morgan fingerprint density at radius 1 is 0.811 bits per heavy atom. The monoisotopic (exact) mass is 491 g/mol. The van der Waals surface area contributed by atoms with Crippen molar-refractivity contribution in [2.75, 3.05) is 41.3 Å². The van der Waals surface area contributed by atoms with Gasteiger partial charge in [-0.1, -0.05) is 18.2 Å². The molecule has 1 N–H and O–H groups in total. The molecule has 0 radical (unpaired) electrons. The minimum Gasteiger partial charge on any atom is -0.352 e. The van der Waals surface area contributed by atoms with E-state index in [4.69, 9.17) is 4.98 Å². The van der Waals surface area contributed by atoms with Crippen LogP contribution in [0.5, 0.6) is 0 Å². The van der Waals surface area contributed by atoms with Gasteiger partial charge in [0, 0.05) is 57.5 Å². The quantitative estimate of drug-likeness (QED) is 0.399. The third-order valence-corrected chi connectivity index (χ3v) is 6.43. The van der Waals surface area contributed by atoms with E-state index < -0.39 is 0 Å². The van der Waals surface area contributed by atoms with Crippen LogP contribution in [-0.2, 0) is 7.05 Å². The zero-order chi connectivity index (χ0) is 25.2. The Balaban J connectivity index is 1.16. The number of carbonyl (C=O) groups excluding carboxylic acids is 1. The molecule has 0 unspecified atom stereocenters. The van der Waals surface area contributed by atoms with Crippen LogP contribution < -0.4 is 15.1 Å². The summed E-state index contributed by atoms with van der Waals surface area (Å²) in [6.07, 6.45) is 8.80. The van der Waals surface area contributed by atoms with E-state index in [1.54, 1.807) is 42.6 Å². The number of amides is 1. The molecule has 184 valence electrons. The highest BCUT2D eigenvalue weighted by molar-refractivity contribution is 6.02. The number of fused-ring (bicyclic) bond motifs is 1. The number of carbonyl (C=O) groups is 1. The number of aryl methyl sites for hydroxylation is 1. The summed E-state index contributed by atoms with van der Waals surface area (Å²) in [6, 6.07) is 15.5. The van der Waals surface area contributed by atoms with Gasteiger partial charge in [0.15, 0.2) is 5.69 Å². The second kappa shape index (κ2) is 9.65. The molecule has 0 bridgehead atoms. The topological polar surface area (TPSA) is 105 Å². The van der Waals surface area contributed by atoms with E-state index in [9.17, 15) is 4.79 Å². The Hall–Kier alpha value is -4.86. The number of nitrogens with one attached hydrogen (secondary N) is 1. The Kier molecular flexibility index (Phi) is 5.89. The maximum Gasteiger partial charge on any atom is 0.276 e. The molecule has 1 aliphatic rings. The van der Waals surface area contributed by atoms with Crippen LogP contribution in [0.4, 0.5) is 17.3 Å². The van der Waals surface area contributed by atoms with Crippen molar-refractivity contribution in [2.45, 2.75) is 0 Å². The van der Waals surface area contributed by atoms with Crippen molar-refractivity contribution < 1.29 is 4.79 Å². The van der Waals surface area contributed by atoms with Gasteiger partial charge < -0.3 is 15.1 Å². The molecular weight excluding hydrogens is 466 g/mol. The maximum absolute atomic E-state index is 12.4. The third kappa shape index (κ3) is 4.81. The standard InChI is InChI=1S/C27H25N9O/c1-34-11-8-23(33-34)27(37)31-21-5-2-19(3-6-21)20-4-7-22-24(16-20)32-26(18-30-22)36-14-12-35(13-15-36)25-17-28-9-10-29-25/h2-11,16-18H,12-15H2,1H3,(H,31,37). The summed E-state index contributed by atoms with van der Waals surface area (Å²) in [5.41, 5.74) is 4.86. The first-order chi connectivity index (χ1) is 18.1. The number of nitrogens with zero attached hydrogens (tertiary/aromatic N) is 8. The number of hydrogen-bond acceptors (Lipinski definition) is 8. The lowest BCUT2D eigenvalue weighted by Crippen LogP contribution is -2.47. The van der Waals surface area contributed by atoms with E-state index in [0.29, 0.717) is 11.4 Å². The Labute approximate surface area is 213 Å². The summed E-state index contributed by atoms with van der Waals surface area (Å²) in [5, 5.41) is 7.02. The first kappa shape index (κ1) is 22.6. The molecule has 0 spiro atoms. The second-order valence-electron chi connectivity index (χ2n) is 8.88. The average Bonchev–Trinajstić information content (AvgIpc) is 3.40. The molecule has 1 saturated heterocycles. The van der Waals surface area contributed by atoms with Gasteiger partial charge in [-0.05, 0) is 41.5 Å². The molecule has 0 saturated carbocycles. The van der Waals surface area contributed by atoms with Crippen molar-refractivity contribution in [3.8, 4) is 11.1 Å². The summed E-state index contributed by atoms with van der Waals surface area (Å²) in [5.74, 6) is 1.54. The molecule has 10 nitrogen and oxygen atoms in total.